The molecule has 0 bridgehead atoms. The van der Waals surface area contributed by atoms with Crippen molar-refractivity contribution in [3.05, 3.63) is 46.2 Å². The van der Waals surface area contributed by atoms with Gasteiger partial charge in [0.1, 0.15) is 0 Å². The van der Waals surface area contributed by atoms with Crippen molar-refractivity contribution in [1.82, 2.24) is 9.21 Å². The number of fused-ring (bicyclic) bond motifs is 1. The molecule has 2 aromatic rings. The molecule has 1 aromatic heterocycles. The second-order valence-corrected chi connectivity index (χ2v) is 11.1. The van der Waals surface area contributed by atoms with E-state index in [2.05, 4.69) is 16.3 Å². The topological polar surface area (TPSA) is 101 Å². The van der Waals surface area contributed by atoms with Crippen LogP contribution in [-0.2, 0) is 33.0 Å². The third-order valence-electron chi connectivity index (χ3n) is 4.97. The number of benzene rings is 1. The molecular weight excluding hydrogens is 394 g/mol. The van der Waals surface area contributed by atoms with Crippen LogP contribution in [0.1, 0.15) is 10.4 Å². The summed E-state index contributed by atoms with van der Waals surface area (Å²) in [5, 5.41) is 7.16. The minimum atomic E-state index is -3.83. The molecule has 0 spiro atoms. The van der Waals surface area contributed by atoms with Crippen LogP contribution in [0.2, 0.25) is 0 Å². The summed E-state index contributed by atoms with van der Waals surface area (Å²) >= 11 is 1.78. The molecule has 2 N–H and O–H groups in total. The van der Waals surface area contributed by atoms with Crippen LogP contribution in [0.25, 0.3) is 0 Å². The highest BCUT2D eigenvalue weighted by Gasteiger charge is 2.40. The first-order valence-corrected chi connectivity index (χ1v) is 12.0. The SMILES string of the molecule is NS(=O)(=O)c1ccc(S(=O)(=O)N2CC(N3CCc4sccc4C3)C2)cc1. The van der Waals surface area contributed by atoms with E-state index < -0.39 is 20.0 Å². The van der Waals surface area contributed by atoms with Gasteiger partial charge >= 0.3 is 0 Å². The molecule has 2 aliphatic rings. The number of sulfonamides is 2. The lowest BCUT2D eigenvalue weighted by Gasteiger charge is -2.45. The molecule has 4 rings (SSSR count). The first kappa shape index (κ1) is 18.1. The molecule has 1 fully saturated rings. The maximum atomic E-state index is 12.7. The van der Waals surface area contributed by atoms with E-state index in [9.17, 15) is 16.8 Å². The average Bonchev–Trinajstić information content (AvgIpc) is 3.00. The molecule has 0 saturated carbocycles. The summed E-state index contributed by atoms with van der Waals surface area (Å²) in [6.07, 6.45) is 1.02. The lowest BCUT2D eigenvalue weighted by molar-refractivity contribution is 0.0775. The number of hydrogen-bond donors (Lipinski definition) is 1. The maximum Gasteiger partial charge on any atom is 0.243 e. The van der Waals surface area contributed by atoms with Crippen LogP contribution in [0.5, 0.6) is 0 Å². The van der Waals surface area contributed by atoms with E-state index in [1.54, 1.807) is 11.3 Å². The number of rotatable bonds is 4. The Morgan fingerprint density at radius 3 is 2.31 bits per heavy atom. The Morgan fingerprint density at radius 1 is 1.00 bits per heavy atom. The standard InChI is InChI=1S/C16H19N3O4S3/c17-25(20,21)14-1-3-15(4-2-14)26(22,23)19-10-13(11-19)18-7-5-16-12(9-18)6-8-24-16/h1-4,6,8,13H,5,7,9-11H2,(H2,17,20,21). The van der Waals surface area contributed by atoms with Crippen molar-refractivity contribution in [3.8, 4) is 0 Å². The molecule has 10 heteroatoms. The molecule has 140 valence electrons. The second-order valence-electron chi connectivity index (χ2n) is 6.58. The molecular formula is C16H19N3O4S3. The average molecular weight is 414 g/mol. The Morgan fingerprint density at radius 2 is 1.65 bits per heavy atom. The minimum Gasteiger partial charge on any atom is -0.293 e. The van der Waals surface area contributed by atoms with Crippen LogP contribution in [0.3, 0.4) is 0 Å². The highest BCUT2D eigenvalue weighted by Crippen LogP contribution is 2.30. The Balaban J connectivity index is 1.43. The van der Waals surface area contributed by atoms with E-state index in [1.165, 1.54) is 39.0 Å². The molecule has 2 aliphatic heterocycles. The van der Waals surface area contributed by atoms with Crippen molar-refractivity contribution < 1.29 is 16.8 Å². The van der Waals surface area contributed by atoms with Crippen LogP contribution in [0, 0.1) is 0 Å². The van der Waals surface area contributed by atoms with Crippen LogP contribution >= 0.6 is 11.3 Å². The molecule has 1 saturated heterocycles. The van der Waals surface area contributed by atoms with E-state index in [-0.39, 0.29) is 15.8 Å². The molecule has 0 aliphatic carbocycles. The molecule has 3 heterocycles. The zero-order valence-corrected chi connectivity index (χ0v) is 16.4. The van der Waals surface area contributed by atoms with Crippen molar-refractivity contribution in [3.63, 3.8) is 0 Å². The molecule has 26 heavy (non-hydrogen) atoms. The molecule has 0 amide bonds. The van der Waals surface area contributed by atoms with E-state index in [4.69, 9.17) is 5.14 Å². The normalized spacial score (nSPS) is 19.9. The van der Waals surface area contributed by atoms with E-state index in [0.29, 0.717) is 13.1 Å². The molecule has 1 aromatic carbocycles. The zero-order chi connectivity index (χ0) is 18.5. The van der Waals surface area contributed by atoms with Crippen molar-refractivity contribution >= 4 is 31.4 Å². The highest BCUT2D eigenvalue weighted by molar-refractivity contribution is 7.89. The van der Waals surface area contributed by atoms with Gasteiger partial charge in [-0.05, 0) is 47.7 Å². The monoisotopic (exact) mass is 413 g/mol. The summed E-state index contributed by atoms with van der Waals surface area (Å²) in [5.74, 6) is 0. The second kappa shape index (κ2) is 6.39. The highest BCUT2D eigenvalue weighted by atomic mass is 32.2. The largest absolute Gasteiger partial charge is 0.293 e. The smallest absolute Gasteiger partial charge is 0.243 e. The Hall–Kier alpha value is -1.30. The van der Waals surface area contributed by atoms with Crippen molar-refractivity contribution in [2.24, 2.45) is 5.14 Å². The van der Waals surface area contributed by atoms with Gasteiger partial charge in [0, 0.05) is 37.1 Å². The predicted octanol–water partition coefficient (Wildman–Crippen LogP) is 0.827. The van der Waals surface area contributed by atoms with E-state index >= 15 is 0 Å². The van der Waals surface area contributed by atoms with Crippen molar-refractivity contribution in [1.29, 1.82) is 0 Å². The van der Waals surface area contributed by atoms with Crippen LogP contribution in [0.15, 0.2) is 45.5 Å². The summed E-state index contributed by atoms with van der Waals surface area (Å²) < 4.78 is 49.4. The number of thiophene rings is 1. The quantitative estimate of drug-likeness (QED) is 0.800. The van der Waals surface area contributed by atoms with Gasteiger partial charge in [0.2, 0.25) is 20.0 Å². The van der Waals surface area contributed by atoms with E-state index in [1.807, 2.05) is 0 Å². The number of nitrogens with two attached hydrogens (primary N) is 1. The molecule has 0 unspecified atom stereocenters. The number of nitrogens with zero attached hydrogens (tertiary/aromatic N) is 2. The number of hydrogen-bond acceptors (Lipinski definition) is 6. The van der Waals surface area contributed by atoms with Crippen molar-refractivity contribution in [2.75, 3.05) is 19.6 Å². The summed E-state index contributed by atoms with van der Waals surface area (Å²) in [6, 6.07) is 7.40. The summed E-state index contributed by atoms with van der Waals surface area (Å²) in [7, 11) is -7.45. The van der Waals surface area contributed by atoms with Gasteiger partial charge in [0.25, 0.3) is 0 Å². The first-order valence-electron chi connectivity index (χ1n) is 8.17. The lowest BCUT2D eigenvalue weighted by atomic mass is 10.0. The fourth-order valence-corrected chi connectivity index (χ4v) is 6.30. The minimum absolute atomic E-state index is 0.0853. The molecule has 0 atom stereocenters. The van der Waals surface area contributed by atoms with Gasteiger partial charge in [-0.2, -0.15) is 4.31 Å². The van der Waals surface area contributed by atoms with E-state index in [0.717, 1.165) is 19.5 Å². The predicted molar refractivity (Wildman–Crippen MR) is 98.8 cm³/mol. The Kier molecular flexibility index (Phi) is 4.45. The third-order valence-corrected chi connectivity index (χ3v) is 8.77. The van der Waals surface area contributed by atoms with Crippen LogP contribution in [0.4, 0.5) is 0 Å². The summed E-state index contributed by atoms with van der Waals surface area (Å²) in [4.78, 5) is 3.76. The Labute approximate surface area is 157 Å². The van der Waals surface area contributed by atoms with Gasteiger partial charge in [0.05, 0.1) is 9.79 Å². The van der Waals surface area contributed by atoms with Crippen LogP contribution in [-0.4, -0.2) is 51.7 Å². The first-order chi connectivity index (χ1) is 12.2. The zero-order valence-electron chi connectivity index (χ0n) is 13.9. The molecule has 0 radical (unpaired) electrons. The Bertz CT molecular complexity index is 1020. The van der Waals surface area contributed by atoms with Crippen LogP contribution < -0.4 is 5.14 Å². The summed E-state index contributed by atoms with van der Waals surface area (Å²) in [6.45, 7) is 2.74. The third kappa shape index (κ3) is 3.21. The fraction of sp³-hybridized carbons (Fsp3) is 0.375. The van der Waals surface area contributed by atoms with Gasteiger partial charge in [-0.3, -0.25) is 4.90 Å². The van der Waals surface area contributed by atoms with Gasteiger partial charge in [0.15, 0.2) is 0 Å². The van der Waals surface area contributed by atoms with Gasteiger partial charge in [-0.1, -0.05) is 0 Å². The number of primary sulfonamides is 1. The van der Waals surface area contributed by atoms with Gasteiger partial charge < -0.3 is 0 Å². The fourth-order valence-electron chi connectivity index (χ4n) is 3.38. The summed E-state index contributed by atoms with van der Waals surface area (Å²) in [5.41, 5.74) is 1.35. The van der Waals surface area contributed by atoms with Crippen molar-refractivity contribution in [2.45, 2.75) is 28.8 Å². The van der Waals surface area contributed by atoms with Gasteiger partial charge in [-0.15, -0.1) is 11.3 Å². The lowest BCUT2D eigenvalue weighted by Crippen LogP contribution is -2.61. The molecule has 7 nitrogen and oxygen atoms in total. The van der Waals surface area contributed by atoms with Gasteiger partial charge in [-0.25, -0.2) is 22.0 Å². The maximum absolute atomic E-state index is 12.7.